The van der Waals surface area contributed by atoms with E-state index in [9.17, 15) is 10.1 Å². The lowest BCUT2D eigenvalue weighted by atomic mass is 10.2. The van der Waals surface area contributed by atoms with Crippen LogP contribution in [-0.2, 0) is 6.54 Å². The second kappa shape index (κ2) is 7.23. The van der Waals surface area contributed by atoms with Crippen LogP contribution in [0, 0.1) is 10.1 Å². The minimum Gasteiger partial charge on any atom is -0.419 e. The van der Waals surface area contributed by atoms with Crippen molar-refractivity contribution in [3.63, 3.8) is 0 Å². The molecule has 1 heterocycles. The molecule has 7 nitrogen and oxygen atoms in total. The highest BCUT2D eigenvalue weighted by Gasteiger charge is 2.19. The van der Waals surface area contributed by atoms with Crippen molar-refractivity contribution in [1.29, 1.82) is 0 Å². The van der Waals surface area contributed by atoms with Crippen molar-refractivity contribution in [1.82, 2.24) is 15.1 Å². The van der Waals surface area contributed by atoms with Gasteiger partial charge in [0.05, 0.1) is 11.0 Å². The predicted molar refractivity (Wildman–Crippen MR) is 92.7 cm³/mol. The molecule has 0 N–H and O–H groups in total. The van der Waals surface area contributed by atoms with Gasteiger partial charge in [-0.1, -0.05) is 30.3 Å². The number of benzene rings is 2. The van der Waals surface area contributed by atoms with E-state index in [0.29, 0.717) is 17.3 Å². The fourth-order valence-electron chi connectivity index (χ4n) is 2.44. The van der Waals surface area contributed by atoms with Crippen LogP contribution >= 0.6 is 0 Å². The highest BCUT2D eigenvalue weighted by Crippen LogP contribution is 2.25. The third kappa shape index (κ3) is 3.89. The van der Waals surface area contributed by atoms with E-state index in [1.165, 1.54) is 17.7 Å². The van der Waals surface area contributed by atoms with E-state index in [2.05, 4.69) is 27.2 Å². The zero-order valence-corrected chi connectivity index (χ0v) is 14.0. The lowest BCUT2D eigenvalue weighted by Gasteiger charge is -2.21. The standard InChI is InChI=1S/C18H18N4O3/c1-13(21(2)12-14-6-4-3-5-7-14)17-19-20-18(25-17)15-8-10-16(11-9-15)22(23)24/h3-11,13H,12H2,1-2H3. The average molecular weight is 338 g/mol. The summed E-state index contributed by atoms with van der Waals surface area (Å²) in [6.45, 7) is 2.76. The van der Waals surface area contributed by atoms with Gasteiger partial charge >= 0.3 is 0 Å². The van der Waals surface area contributed by atoms with Gasteiger partial charge in [-0.05, 0) is 31.7 Å². The molecule has 1 unspecified atom stereocenters. The molecule has 0 aliphatic carbocycles. The highest BCUT2D eigenvalue weighted by atomic mass is 16.6. The van der Waals surface area contributed by atoms with Crippen LogP contribution in [0.3, 0.4) is 0 Å². The molecular formula is C18H18N4O3. The van der Waals surface area contributed by atoms with E-state index in [0.717, 1.165) is 6.54 Å². The van der Waals surface area contributed by atoms with Crippen LogP contribution in [0.15, 0.2) is 59.0 Å². The van der Waals surface area contributed by atoms with Gasteiger partial charge in [0.25, 0.3) is 5.69 Å². The highest BCUT2D eigenvalue weighted by molar-refractivity contribution is 5.55. The molecule has 25 heavy (non-hydrogen) atoms. The second-order valence-corrected chi connectivity index (χ2v) is 5.83. The number of hydrogen-bond donors (Lipinski definition) is 0. The first-order valence-corrected chi connectivity index (χ1v) is 7.87. The molecule has 0 spiro atoms. The minimum absolute atomic E-state index is 0.0273. The van der Waals surface area contributed by atoms with Gasteiger partial charge in [-0.2, -0.15) is 0 Å². The molecule has 0 aliphatic heterocycles. The van der Waals surface area contributed by atoms with Crippen molar-refractivity contribution in [3.8, 4) is 11.5 Å². The van der Waals surface area contributed by atoms with E-state index in [1.54, 1.807) is 12.1 Å². The summed E-state index contributed by atoms with van der Waals surface area (Å²) in [7, 11) is 1.99. The first-order chi connectivity index (χ1) is 12.0. The number of nitro groups is 1. The average Bonchev–Trinajstić information content (AvgIpc) is 3.12. The molecule has 128 valence electrons. The van der Waals surface area contributed by atoms with Crippen molar-refractivity contribution in [2.45, 2.75) is 19.5 Å². The first kappa shape index (κ1) is 16.8. The molecule has 0 fully saturated rings. The molecule has 0 saturated heterocycles. The lowest BCUT2D eigenvalue weighted by molar-refractivity contribution is -0.384. The van der Waals surface area contributed by atoms with Crippen LogP contribution in [-0.4, -0.2) is 27.1 Å². The van der Waals surface area contributed by atoms with Gasteiger partial charge in [0.1, 0.15) is 0 Å². The number of non-ortho nitro benzene ring substituents is 1. The SMILES string of the molecule is CC(c1nnc(-c2ccc([N+](=O)[O-])cc2)o1)N(C)Cc1ccccc1. The molecule has 3 rings (SSSR count). The maximum Gasteiger partial charge on any atom is 0.269 e. The molecule has 0 bridgehead atoms. The Hall–Kier alpha value is -3.06. The monoisotopic (exact) mass is 338 g/mol. The maximum absolute atomic E-state index is 10.7. The molecule has 0 radical (unpaired) electrons. The van der Waals surface area contributed by atoms with Gasteiger partial charge in [-0.15, -0.1) is 10.2 Å². The first-order valence-electron chi connectivity index (χ1n) is 7.87. The topological polar surface area (TPSA) is 85.3 Å². The summed E-state index contributed by atoms with van der Waals surface area (Å²) in [5.74, 6) is 0.858. The van der Waals surface area contributed by atoms with Crippen molar-refractivity contribution in [2.75, 3.05) is 7.05 Å². The van der Waals surface area contributed by atoms with Crippen molar-refractivity contribution in [3.05, 3.63) is 76.2 Å². The number of hydrogen-bond acceptors (Lipinski definition) is 6. The van der Waals surface area contributed by atoms with Gasteiger partial charge in [0.15, 0.2) is 0 Å². The largest absolute Gasteiger partial charge is 0.419 e. The van der Waals surface area contributed by atoms with E-state index < -0.39 is 4.92 Å². The summed E-state index contributed by atoms with van der Waals surface area (Å²) >= 11 is 0. The number of nitrogens with zero attached hydrogens (tertiary/aromatic N) is 4. The Labute approximate surface area is 145 Å². The second-order valence-electron chi connectivity index (χ2n) is 5.83. The summed E-state index contributed by atoms with van der Waals surface area (Å²) in [6, 6.07) is 16.1. The quantitative estimate of drug-likeness (QED) is 0.501. The van der Waals surface area contributed by atoms with Crippen LogP contribution < -0.4 is 0 Å². The molecular weight excluding hydrogens is 320 g/mol. The van der Waals surface area contributed by atoms with E-state index in [4.69, 9.17) is 4.42 Å². The van der Waals surface area contributed by atoms with Crippen LogP contribution in [0.25, 0.3) is 11.5 Å². The van der Waals surface area contributed by atoms with Crippen molar-refractivity contribution < 1.29 is 9.34 Å². The summed E-state index contributed by atoms with van der Waals surface area (Å²) in [4.78, 5) is 12.4. The van der Waals surface area contributed by atoms with Crippen molar-refractivity contribution in [2.24, 2.45) is 0 Å². The van der Waals surface area contributed by atoms with Gasteiger partial charge in [0.2, 0.25) is 11.8 Å². The lowest BCUT2D eigenvalue weighted by Crippen LogP contribution is -2.22. The zero-order valence-electron chi connectivity index (χ0n) is 14.0. The van der Waals surface area contributed by atoms with Crippen molar-refractivity contribution >= 4 is 5.69 Å². The Balaban J connectivity index is 1.72. The Morgan fingerprint density at radius 2 is 1.80 bits per heavy atom. The number of nitro benzene ring substituents is 1. The molecule has 3 aromatic rings. The van der Waals surface area contributed by atoms with E-state index in [-0.39, 0.29) is 11.7 Å². The molecule has 2 aromatic carbocycles. The van der Waals surface area contributed by atoms with Gasteiger partial charge in [-0.3, -0.25) is 15.0 Å². The number of aromatic nitrogens is 2. The van der Waals surface area contributed by atoms with Gasteiger partial charge in [0, 0.05) is 24.2 Å². The summed E-state index contributed by atoms with van der Waals surface area (Å²) < 4.78 is 5.76. The minimum atomic E-state index is -0.441. The Morgan fingerprint density at radius 3 is 2.44 bits per heavy atom. The molecule has 1 atom stereocenters. The molecule has 0 amide bonds. The van der Waals surface area contributed by atoms with Gasteiger partial charge < -0.3 is 4.42 Å². The number of rotatable bonds is 6. The predicted octanol–water partition coefficient (Wildman–Crippen LogP) is 3.84. The smallest absolute Gasteiger partial charge is 0.269 e. The molecule has 7 heteroatoms. The normalized spacial score (nSPS) is 12.3. The Morgan fingerprint density at radius 1 is 1.12 bits per heavy atom. The molecule has 1 aromatic heterocycles. The summed E-state index contributed by atoms with van der Waals surface area (Å²) in [5.41, 5.74) is 1.88. The molecule has 0 saturated carbocycles. The van der Waals surface area contributed by atoms with E-state index in [1.807, 2.05) is 32.2 Å². The Bertz CT molecular complexity index is 846. The van der Waals surface area contributed by atoms with Crippen LogP contribution in [0.1, 0.15) is 24.4 Å². The fourth-order valence-corrected chi connectivity index (χ4v) is 2.44. The van der Waals surface area contributed by atoms with Gasteiger partial charge in [-0.25, -0.2) is 0 Å². The third-order valence-electron chi connectivity index (χ3n) is 4.06. The van der Waals surface area contributed by atoms with E-state index >= 15 is 0 Å². The van der Waals surface area contributed by atoms with Crippen LogP contribution in [0.4, 0.5) is 5.69 Å². The molecule has 0 aliphatic rings. The zero-order chi connectivity index (χ0) is 17.8. The fraction of sp³-hybridized carbons (Fsp3) is 0.222. The van der Waals surface area contributed by atoms with Crippen LogP contribution in [0.5, 0.6) is 0 Å². The summed E-state index contributed by atoms with van der Waals surface area (Å²) in [5, 5.41) is 18.9. The Kier molecular flexibility index (Phi) is 4.85. The van der Waals surface area contributed by atoms with Crippen LogP contribution in [0.2, 0.25) is 0 Å². The third-order valence-corrected chi connectivity index (χ3v) is 4.06. The summed E-state index contributed by atoms with van der Waals surface area (Å²) in [6.07, 6.45) is 0. The maximum atomic E-state index is 10.7.